The molecule has 0 saturated carbocycles. The van der Waals surface area contributed by atoms with E-state index in [1.165, 1.54) is 23.5 Å². The highest BCUT2D eigenvalue weighted by molar-refractivity contribution is 7.89. The summed E-state index contributed by atoms with van der Waals surface area (Å²) in [5, 5.41) is 0. The molecule has 0 spiro atoms. The van der Waals surface area contributed by atoms with E-state index in [4.69, 9.17) is 4.18 Å². The van der Waals surface area contributed by atoms with Crippen molar-refractivity contribution in [3.05, 3.63) is 30.3 Å². The molecule has 6 nitrogen and oxygen atoms in total. The lowest BCUT2D eigenvalue weighted by Gasteiger charge is -2.36. The van der Waals surface area contributed by atoms with Crippen LogP contribution in [-0.2, 0) is 24.3 Å². The first-order chi connectivity index (χ1) is 9.86. The molecule has 0 bridgehead atoms. The SMILES string of the molecule is CN([C@H](COS(C)(=O)=O)C(C)(C)C)S(=O)(=O)c1ccccc1. The summed E-state index contributed by atoms with van der Waals surface area (Å²) in [4.78, 5) is 0.158. The van der Waals surface area contributed by atoms with Crippen LogP contribution in [0.15, 0.2) is 35.2 Å². The largest absolute Gasteiger partial charge is 0.269 e. The Hall–Kier alpha value is -0.960. The van der Waals surface area contributed by atoms with Gasteiger partial charge in [0.15, 0.2) is 0 Å². The van der Waals surface area contributed by atoms with Gasteiger partial charge in [0.25, 0.3) is 10.1 Å². The van der Waals surface area contributed by atoms with Crippen molar-refractivity contribution in [3.63, 3.8) is 0 Å². The zero-order valence-corrected chi connectivity index (χ0v) is 15.1. The number of nitrogens with zero attached hydrogens (tertiary/aromatic N) is 1. The number of likely N-dealkylation sites (N-methyl/N-ethyl adjacent to an activating group) is 1. The van der Waals surface area contributed by atoms with Gasteiger partial charge in [-0.1, -0.05) is 39.0 Å². The fourth-order valence-corrected chi connectivity index (χ4v) is 3.94. The molecule has 8 heteroatoms. The van der Waals surface area contributed by atoms with Gasteiger partial charge in [-0.05, 0) is 17.5 Å². The lowest BCUT2D eigenvalue weighted by Crippen LogP contribution is -2.48. The summed E-state index contributed by atoms with van der Waals surface area (Å²) in [7, 11) is -5.94. The summed E-state index contributed by atoms with van der Waals surface area (Å²) < 4.78 is 53.8. The first-order valence-electron chi connectivity index (χ1n) is 6.73. The molecule has 0 amide bonds. The maximum atomic E-state index is 12.7. The monoisotopic (exact) mass is 349 g/mol. The Labute approximate surface area is 133 Å². The molecule has 0 radical (unpaired) electrons. The van der Waals surface area contributed by atoms with Gasteiger partial charge < -0.3 is 0 Å². The van der Waals surface area contributed by atoms with Crippen LogP contribution in [0.2, 0.25) is 0 Å². The van der Waals surface area contributed by atoms with Crippen LogP contribution >= 0.6 is 0 Å². The normalized spacial score (nSPS) is 15.0. The summed E-state index contributed by atoms with van der Waals surface area (Å²) in [6, 6.07) is 7.38. The highest BCUT2D eigenvalue weighted by Gasteiger charge is 2.36. The van der Waals surface area contributed by atoms with Gasteiger partial charge in [0, 0.05) is 7.05 Å². The summed E-state index contributed by atoms with van der Waals surface area (Å²) in [6.45, 7) is 5.27. The summed E-state index contributed by atoms with van der Waals surface area (Å²) in [5.41, 5.74) is -0.499. The highest BCUT2D eigenvalue weighted by Crippen LogP contribution is 2.28. The van der Waals surface area contributed by atoms with Gasteiger partial charge in [0.05, 0.1) is 23.8 Å². The lowest BCUT2D eigenvalue weighted by atomic mass is 9.87. The summed E-state index contributed by atoms with van der Waals surface area (Å²) >= 11 is 0. The van der Waals surface area contributed by atoms with E-state index in [9.17, 15) is 16.8 Å². The van der Waals surface area contributed by atoms with Crippen LogP contribution in [0.1, 0.15) is 20.8 Å². The molecule has 1 aromatic rings. The van der Waals surface area contributed by atoms with Gasteiger partial charge >= 0.3 is 0 Å². The van der Waals surface area contributed by atoms with Gasteiger partial charge in [0.2, 0.25) is 10.0 Å². The molecule has 0 aliphatic carbocycles. The Morgan fingerprint density at radius 2 is 1.59 bits per heavy atom. The molecule has 1 atom stereocenters. The van der Waals surface area contributed by atoms with Gasteiger partial charge in [-0.3, -0.25) is 4.18 Å². The van der Waals surface area contributed by atoms with E-state index in [0.29, 0.717) is 0 Å². The zero-order chi connectivity index (χ0) is 17.2. The average Bonchev–Trinajstić information content (AvgIpc) is 2.36. The molecule has 22 heavy (non-hydrogen) atoms. The van der Waals surface area contributed by atoms with Crippen LogP contribution in [0.25, 0.3) is 0 Å². The van der Waals surface area contributed by atoms with Crippen molar-refractivity contribution in [1.29, 1.82) is 0 Å². The van der Waals surface area contributed by atoms with Crippen molar-refractivity contribution in [3.8, 4) is 0 Å². The second-order valence-corrected chi connectivity index (χ2v) is 9.85. The number of benzene rings is 1. The quantitative estimate of drug-likeness (QED) is 0.730. The Bertz CT molecular complexity index is 690. The molecule has 0 aliphatic heterocycles. The third kappa shape index (κ3) is 5.05. The van der Waals surface area contributed by atoms with Gasteiger partial charge in [-0.2, -0.15) is 12.7 Å². The van der Waals surface area contributed by atoms with Crippen LogP contribution in [0.3, 0.4) is 0 Å². The first-order valence-corrected chi connectivity index (χ1v) is 9.99. The molecule has 0 heterocycles. The summed E-state index contributed by atoms with van der Waals surface area (Å²) in [6.07, 6.45) is 0.943. The number of hydrogen-bond acceptors (Lipinski definition) is 5. The van der Waals surface area contributed by atoms with Crippen molar-refractivity contribution in [2.75, 3.05) is 19.9 Å². The molecule has 0 aliphatic rings. The van der Waals surface area contributed by atoms with Crippen LogP contribution in [0, 0.1) is 5.41 Å². The van der Waals surface area contributed by atoms with Gasteiger partial charge in [0.1, 0.15) is 0 Å². The third-order valence-corrected chi connectivity index (χ3v) is 5.74. The topological polar surface area (TPSA) is 80.8 Å². The molecular formula is C14H23NO5S2. The molecule has 126 valence electrons. The number of hydrogen-bond donors (Lipinski definition) is 0. The Morgan fingerprint density at radius 3 is 2.00 bits per heavy atom. The standard InChI is InChI=1S/C14H23NO5S2/c1-14(2,3)13(11-20-21(5,16)17)15(4)22(18,19)12-9-7-6-8-10-12/h6-10,13H,11H2,1-5H3/t13-/m1/s1. The Morgan fingerprint density at radius 1 is 1.09 bits per heavy atom. The smallest absolute Gasteiger partial charge is 0.264 e. The number of rotatable bonds is 6. The average molecular weight is 349 g/mol. The minimum Gasteiger partial charge on any atom is -0.269 e. The van der Waals surface area contributed by atoms with E-state index < -0.39 is 31.6 Å². The van der Waals surface area contributed by atoms with E-state index in [2.05, 4.69) is 0 Å². The van der Waals surface area contributed by atoms with Crippen LogP contribution in [0.4, 0.5) is 0 Å². The lowest BCUT2D eigenvalue weighted by molar-refractivity contribution is 0.131. The predicted molar refractivity (Wildman–Crippen MR) is 85.4 cm³/mol. The van der Waals surface area contributed by atoms with Crippen molar-refractivity contribution < 1.29 is 21.0 Å². The Balaban J connectivity index is 3.15. The molecule has 1 rings (SSSR count). The minimum atomic E-state index is -3.73. The summed E-state index contributed by atoms with van der Waals surface area (Å²) in [5.74, 6) is 0. The second kappa shape index (κ2) is 6.66. The van der Waals surface area contributed by atoms with Crippen LogP contribution in [0.5, 0.6) is 0 Å². The van der Waals surface area contributed by atoms with Crippen LogP contribution < -0.4 is 0 Å². The van der Waals surface area contributed by atoms with Gasteiger partial charge in [-0.25, -0.2) is 8.42 Å². The molecule has 0 aromatic heterocycles. The predicted octanol–water partition coefficient (Wildman–Crippen LogP) is 1.70. The van der Waals surface area contributed by atoms with E-state index in [-0.39, 0.29) is 11.5 Å². The van der Waals surface area contributed by atoms with Crippen molar-refractivity contribution in [2.24, 2.45) is 5.41 Å². The van der Waals surface area contributed by atoms with Crippen molar-refractivity contribution >= 4 is 20.1 Å². The fourth-order valence-electron chi connectivity index (χ4n) is 2.01. The van der Waals surface area contributed by atoms with Crippen LogP contribution in [-0.4, -0.2) is 47.1 Å². The maximum absolute atomic E-state index is 12.7. The molecule has 0 fully saturated rings. The maximum Gasteiger partial charge on any atom is 0.264 e. The third-order valence-electron chi connectivity index (χ3n) is 3.30. The molecule has 0 unspecified atom stereocenters. The zero-order valence-electron chi connectivity index (χ0n) is 13.5. The number of sulfonamides is 1. The van der Waals surface area contributed by atoms with E-state index in [1.807, 2.05) is 20.8 Å². The molecule has 0 saturated heterocycles. The van der Waals surface area contributed by atoms with E-state index in [1.54, 1.807) is 18.2 Å². The van der Waals surface area contributed by atoms with E-state index >= 15 is 0 Å². The molecule has 0 N–H and O–H groups in total. The Kier molecular flexibility index (Phi) is 5.77. The van der Waals surface area contributed by atoms with Gasteiger partial charge in [-0.15, -0.1) is 0 Å². The first kappa shape index (κ1) is 19.1. The fraction of sp³-hybridized carbons (Fsp3) is 0.571. The van der Waals surface area contributed by atoms with E-state index in [0.717, 1.165) is 6.26 Å². The van der Waals surface area contributed by atoms with Crippen molar-refractivity contribution in [1.82, 2.24) is 4.31 Å². The minimum absolute atomic E-state index is 0.158. The van der Waals surface area contributed by atoms with Crippen molar-refractivity contribution in [2.45, 2.75) is 31.7 Å². The second-order valence-electron chi connectivity index (χ2n) is 6.20. The molecular weight excluding hydrogens is 326 g/mol. The highest BCUT2D eigenvalue weighted by atomic mass is 32.2. The molecule has 1 aromatic carbocycles.